The van der Waals surface area contributed by atoms with Gasteiger partial charge in [-0.05, 0) is 12.8 Å². The number of aliphatic hydroxyl groups excluding tert-OH is 1. The van der Waals surface area contributed by atoms with Gasteiger partial charge in [0, 0.05) is 11.5 Å². The van der Waals surface area contributed by atoms with Crippen LogP contribution in [0, 0.1) is 17.8 Å². The first kappa shape index (κ1) is 13.1. The zero-order valence-electron chi connectivity index (χ0n) is 11.1. The van der Waals surface area contributed by atoms with Gasteiger partial charge in [-0.25, -0.2) is 0 Å². The average molecular weight is 256 g/mol. The summed E-state index contributed by atoms with van der Waals surface area (Å²) in [5, 5.41) is 10.8. The van der Waals surface area contributed by atoms with Crippen LogP contribution in [0.1, 0.15) is 12.8 Å². The smallest absolute Gasteiger partial charge is 0.105 e. The van der Waals surface area contributed by atoms with Crippen molar-refractivity contribution < 1.29 is 5.11 Å². The SMILES string of the molecule is C[Si](C)(/C=C(\C#CC1CC1)CO)c1ccccc1. The molecule has 0 amide bonds. The summed E-state index contributed by atoms with van der Waals surface area (Å²) in [6, 6.07) is 10.5. The second-order valence-corrected chi connectivity index (χ2v) is 9.77. The molecule has 18 heavy (non-hydrogen) atoms. The van der Waals surface area contributed by atoms with Gasteiger partial charge < -0.3 is 5.11 Å². The predicted molar refractivity (Wildman–Crippen MR) is 79.2 cm³/mol. The third kappa shape index (κ3) is 3.59. The predicted octanol–water partition coefficient (Wildman–Crippen LogP) is 2.47. The quantitative estimate of drug-likeness (QED) is 0.651. The van der Waals surface area contributed by atoms with Gasteiger partial charge in [-0.1, -0.05) is 66.2 Å². The van der Waals surface area contributed by atoms with Crippen LogP contribution < -0.4 is 5.19 Å². The molecule has 1 saturated carbocycles. The van der Waals surface area contributed by atoms with Crippen LogP contribution in [0.2, 0.25) is 13.1 Å². The molecule has 0 heterocycles. The number of aliphatic hydroxyl groups is 1. The third-order valence-corrected chi connectivity index (χ3v) is 6.13. The van der Waals surface area contributed by atoms with E-state index in [2.05, 4.69) is 54.9 Å². The van der Waals surface area contributed by atoms with Crippen molar-refractivity contribution in [3.05, 3.63) is 41.6 Å². The normalized spacial score (nSPS) is 16.1. The highest BCUT2D eigenvalue weighted by atomic mass is 28.3. The highest BCUT2D eigenvalue weighted by Crippen LogP contribution is 2.27. The standard InChI is InChI=1S/C16H20OSi/c1-18(2,16-6-4-3-5-7-16)13-15(12-17)11-10-14-8-9-14/h3-7,13-14,17H,8-9,12H2,1-2H3/b15-13+. The fourth-order valence-electron chi connectivity index (χ4n) is 1.93. The monoisotopic (exact) mass is 256 g/mol. The van der Waals surface area contributed by atoms with Crippen molar-refractivity contribution in [3.63, 3.8) is 0 Å². The van der Waals surface area contributed by atoms with Crippen LogP contribution in [0.5, 0.6) is 0 Å². The Morgan fingerprint density at radius 2 is 2.00 bits per heavy atom. The highest BCUT2D eigenvalue weighted by Gasteiger charge is 2.21. The Balaban J connectivity index is 2.21. The molecule has 1 nitrogen and oxygen atoms in total. The second kappa shape index (κ2) is 5.56. The molecule has 0 bridgehead atoms. The molecule has 1 aromatic carbocycles. The molecular formula is C16H20OSi. The number of rotatable bonds is 3. The molecule has 0 aliphatic heterocycles. The largest absolute Gasteiger partial charge is 0.391 e. The summed E-state index contributed by atoms with van der Waals surface area (Å²) in [6.07, 6.45) is 2.45. The minimum atomic E-state index is -1.64. The molecule has 1 aliphatic carbocycles. The first-order valence-electron chi connectivity index (χ1n) is 6.51. The molecule has 1 N–H and O–H groups in total. The maximum Gasteiger partial charge on any atom is 0.105 e. The maximum absolute atomic E-state index is 9.42. The fourth-order valence-corrected chi connectivity index (χ4v) is 4.18. The molecule has 1 fully saturated rings. The van der Waals surface area contributed by atoms with E-state index >= 15 is 0 Å². The fraction of sp³-hybridized carbons (Fsp3) is 0.375. The van der Waals surface area contributed by atoms with Crippen molar-refractivity contribution >= 4 is 13.3 Å². The molecule has 2 heteroatoms. The molecule has 2 rings (SSSR count). The van der Waals surface area contributed by atoms with Gasteiger partial charge in [-0.3, -0.25) is 0 Å². The molecule has 0 spiro atoms. The van der Waals surface area contributed by atoms with Gasteiger partial charge in [0.25, 0.3) is 0 Å². The summed E-state index contributed by atoms with van der Waals surface area (Å²) in [5.41, 5.74) is 3.11. The number of hydrogen-bond acceptors (Lipinski definition) is 1. The Hall–Kier alpha value is -1.30. The summed E-state index contributed by atoms with van der Waals surface area (Å²) >= 11 is 0. The summed E-state index contributed by atoms with van der Waals surface area (Å²) in [7, 11) is -1.64. The lowest BCUT2D eigenvalue weighted by molar-refractivity contribution is 0.336. The number of hydrogen-bond donors (Lipinski definition) is 1. The molecule has 1 aromatic rings. The highest BCUT2D eigenvalue weighted by molar-refractivity contribution is 6.94. The molecule has 0 saturated heterocycles. The van der Waals surface area contributed by atoms with Gasteiger partial charge >= 0.3 is 0 Å². The van der Waals surface area contributed by atoms with Crippen LogP contribution in [0.15, 0.2) is 41.6 Å². The molecule has 0 atom stereocenters. The Morgan fingerprint density at radius 3 is 2.56 bits per heavy atom. The average Bonchev–Trinajstić information content (AvgIpc) is 3.19. The summed E-state index contributed by atoms with van der Waals surface area (Å²) < 4.78 is 0. The zero-order valence-corrected chi connectivity index (χ0v) is 12.1. The summed E-state index contributed by atoms with van der Waals surface area (Å²) in [4.78, 5) is 0. The zero-order chi connectivity index (χ0) is 13.0. The van der Waals surface area contributed by atoms with Gasteiger partial charge in [-0.15, -0.1) is 0 Å². The third-order valence-electron chi connectivity index (χ3n) is 3.24. The molecule has 1 aliphatic rings. The molecule has 0 aromatic heterocycles. The van der Waals surface area contributed by atoms with Crippen LogP contribution in [-0.4, -0.2) is 19.8 Å². The number of benzene rings is 1. The van der Waals surface area contributed by atoms with Crippen LogP contribution in [-0.2, 0) is 0 Å². The van der Waals surface area contributed by atoms with E-state index in [-0.39, 0.29) is 6.61 Å². The van der Waals surface area contributed by atoms with Crippen LogP contribution in [0.25, 0.3) is 0 Å². The summed E-state index contributed by atoms with van der Waals surface area (Å²) in [5.74, 6) is 6.96. The van der Waals surface area contributed by atoms with Crippen molar-refractivity contribution in [1.82, 2.24) is 0 Å². The maximum atomic E-state index is 9.42. The Morgan fingerprint density at radius 1 is 1.33 bits per heavy atom. The van der Waals surface area contributed by atoms with Crippen LogP contribution >= 0.6 is 0 Å². The Kier molecular flexibility index (Phi) is 4.06. The van der Waals surface area contributed by atoms with E-state index < -0.39 is 8.07 Å². The van der Waals surface area contributed by atoms with Crippen LogP contribution in [0.3, 0.4) is 0 Å². The van der Waals surface area contributed by atoms with Crippen molar-refractivity contribution in [2.75, 3.05) is 6.61 Å². The lowest BCUT2D eigenvalue weighted by Gasteiger charge is -2.19. The lowest BCUT2D eigenvalue weighted by atomic mass is 10.3. The van der Waals surface area contributed by atoms with E-state index in [1.165, 1.54) is 18.0 Å². The topological polar surface area (TPSA) is 20.2 Å². The van der Waals surface area contributed by atoms with Crippen LogP contribution in [0.4, 0.5) is 0 Å². The summed E-state index contributed by atoms with van der Waals surface area (Å²) in [6.45, 7) is 4.64. The van der Waals surface area contributed by atoms with Gasteiger partial charge in [0.1, 0.15) is 8.07 Å². The van der Waals surface area contributed by atoms with Crippen molar-refractivity contribution in [3.8, 4) is 11.8 Å². The first-order chi connectivity index (χ1) is 8.62. The van der Waals surface area contributed by atoms with Gasteiger partial charge in [-0.2, -0.15) is 0 Å². The Labute approximate surface area is 111 Å². The lowest BCUT2D eigenvalue weighted by Crippen LogP contribution is -2.39. The molecule has 94 valence electrons. The van der Waals surface area contributed by atoms with E-state index in [1.807, 2.05) is 6.07 Å². The second-order valence-electron chi connectivity index (χ2n) is 5.46. The van der Waals surface area contributed by atoms with Gasteiger partial charge in [0.05, 0.1) is 6.61 Å². The van der Waals surface area contributed by atoms with E-state index in [4.69, 9.17) is 0 Å². The van der Waals surface area contributed by atoms with Gasteiger partial charge in [0.2, 0.25) is 0 Å². The minimum Gasteiger partial charge on any atom is -0.391 e. The Bertz CT molecular complexity index is 487. The molecular weight excluding hydrogens is 236 g/mol. The van der Waals surface area contributed by atoms with Crippen molar-refractivity contribution in [2.45, 2.75) is 25.9 Å². The van der Waals surface area contributed by atoms with Crippen molar-refractivity contribution in [1.29, 1.82) is 0 Å². The van der Waals surface area contributed by atoms with Crippen molar-refractivity contribution in [2.24, 2.45) is 5.92 Å². The first-order valence-corrected chi connectivity index (χ1v) is 9.59. The van der Waals surface area contributed by atoms with E-state index in [1.54, 1.807) is 0 Å². The molecule has 0 radical (unpaired) electrons. The van der Waals surface area contributed by atoms with Gasteiger partial charge in [0.15, 0.2) is 0 Å². The molecule has 0 unspecified atom stereocenters. The van der Waals surface area contributed by atoms with E-state index in [0.29, 0.717) is 5.92 Å². The van der Waals surface area contributed by atoms with E-state index in [9.17, 15) is 5.11 Å². The minimum absolute atomic E-state index is 0.0585. The van der Waals surface area contributed by atoms with E-state index in [0.717, 1.165) is 5.57 Å².